The van der Waals surface area contributed by atoms with Crippen molar-refractivity contribution in [3.63, 3.8) is 0 Å². The van der Waals surface area contributed by atoms with Crippen molar-refractivity contribution in [1.29, 1.82) is 0 Å². The number of piperidine rings is 1. The van der Waals surface area contributed by atoms with E-state index in [2.05, 4.69) is 22.4 Å². The molecule has 1 unspecified atom stereocenters. The Morgan fingerprint density at radius 2 is 2.54 bits per heavy atom. The van der Waals surface area contributed by atoms with Gasteiger partial charge in [0.25, 0.3) is 0 Å². The third-order valence-corrected chi connectivity index (χ3v) is 3.30. The van der Waals surface area contributed by atoms with Crippen LogP contribution < -0.4 is 0 Å². The van der Waals surface area contributed by atoms with E-state index < -0.39 is 0 Å². The maximum Gasteiger partial charge on any atom is 0.0667 e. The van der Waals surface area contributed by atoms with Crippen molar-refractivity contribution in [2.24, 2.45) is 0 Å². The van der Waals surface area contributed by atoms with Gasteiger partial charge in [0, 0.05) is 18.0 Å². The second-order valence-corrected chi connectivity index (χ2v) is 4.64. The van der Waals surface area contributed by atoms with Gasteiger partial charge in [0.2, 0.25) is 0 Å². The molecule has 1 aromatic rings. The molecule has 1 saturated heterocycles. The van der Waals surface area contributed by atoms with Gasteiger partial charge < -0.3 is 5.11 Å². The van der Waals surface area contributed by atoms with E-state index in [0.717, 1.165) is 32.5 Å². The minimum atomic E-state index is -0.103. The highest BCUT2D eigenvalue weighted by Gasteiger charge is 2.17. The van der Waals surface area contributed by atoms with E-state index in [4.69, 9.17) is 0 Å². The zero-order chi connectivity index (χ0) is 9.10. The Kier molecular flexibility index (Phi) is 2.98. The summed E-state index contributed by atoms with van der Waals surface area (Å²) in [5, 5.41) is 11.6. The predicted octanol–water partition coefficient (Wildman–Crippen LogP) is 1.70. The lowest BCUT2D eigenvalue weighted by Gasteiger charge is -2.29. The summed E-state index contributed by atoms with van der Waals surface area (Å²) in [5.41, 5.74) is 0. The molecule has 0 amide bonds. The first-order chi connectivity index (χ1) is 6.34. The zero-order valence-electron chi connectivity index (χ0n) is 7.65. The molecule has 1 fully saturated rings. The summed E-state index contributed by atoms with van der Waals surface area (Å²) in [4.78, 5) is 3.73. The Labute approximate surface area is 82.8 Å². The predicted molar refractivity (Wildman–Crippen MR) is 54.8 cm³/mol. The molecule has 3 heteroatoms. The molecular formula is C10H15NOS. The summed E-state index contributed by atoms with van der Waals surface area (Å²) in [7, 11) is 0. The fraction of sp³-hybridized carbons (Fsp3) is 0.600. The summed E-state index contributed by atoms with van der Waals surface area (Å²) in [6.07, 6.45) is 2.00. The van der Waals surface area contributed by atoms with Gasteiger partial charge >= 0.3 is 0 Å². The lowest BCUT2D eigenvalue weighted by Crippen LogP contribution is -2.37. The summed E-state index contributed by atoms with van der Waals surface area (Å²) < 4.78 is 0. The first-order valence-electron chi connectivity index (χ1n) is 4.77. The van der Waals surface area contributed by atoms with Crippen LogP contribution in [0.25, 0.3) is 0 Å². The number of aliphatic hydroxyl groups is 1. The molecule has 2 rings (SSSR count). The van der Waals surface area contributed by atoms with E-state index >= 15 is 0 Å². The number of thiophene rings is 1. The Morgan fingerprint density at radius 3 is 3.23 bits per heavy atom. The SMILES string of the molecule is OC1CCCN(Cc2cccs2)C1. The van der Waals surface area contributed by atoms with Gasteiger partial charge in [-0.05, 0) is 30.8 Å². The first kappa shape index (κ1) is 9.19. The van der Waals surface area contributed by atoms with E-state index in [9.17, 15) is 5.11 Å². The van der Waals surface area contributed by atoms with Crippen LogP contribution in [-0.4, -0.2) is 29.2 Å². The van der Waals surface area contributed by atoms with Crippen LogP contribution in [0.2, 0.25) is 0 Å². The van der Waals surface area contributed by atoms with E-state index in [1.165, 1.54) is 4.88 Å². The fourth-order valence-corrected chi connectivity index (χ4v) is 2.54. The number of rotatable bonds is 2. The van der Waals surface area contributed by atoms with Crippen LogP contribution in [-0.2, 0) is 6.54 Å². The molecule has 13 heavy (non-hydrogen) atoms. The van der Waals surface area contributed by atoms with Crippen molar-refractivity contribution < 1.29 is 5.11 Å². The molecule has 0 bridgehead atoms. The lowest BCUT2D eigenvalue weighted by atomic mass is 10.1. The maximum absolute atomic E-state index is 9.47. The fourth-order valence-electron chi connectivity index (χ4n) is 1.80. The van der Waals surface area contributed by atoms with Gasteiger partial charge in [0.05, 0.1) is 6.10 Å². The molecule has 1 N–H and O–H groups in total. The van der Waals surface area contributed by atoms with Crippen molar-refractivity contribution in [3.8, 4) is 0 Å². The molecule has 2 nitrogen and oxygen atoms in total. The number of likely N-dealkylation sites (tertiary alicyclic amines) is 1. The van der Waals surface area contributed by atoms with Crippen LogP contribution in [0, 0.1) is 0 Å². The Morgan fingerprint density at radius 1 is 1.62 bits per heavy atom. The molecular weight excluding hydrogens is 182 g/mol. The quantitative estimate of drug-likeness (QED) is 0.780. The second kappa shape index (κ2) is 4.22. The highest BCUT2D eigenvalue weighted by atomic mass is 32.1. The number of hydrogen-bond acceptors (Lipinski definition) is 3. The van der Waals surface area contributed by atoms with Gasteiger partial charge in [-0.25, -0.2) is 0 Å². The van der Waals surface area contributed by atoms with Gasteiger partial charge in [-0.1, -0.05) is 6.07 Å². The smallest absolute Gasteiger partial charge is 0.0667 e. The van der Waals surface area contributed by atoms with Gasteiger partial charge in [0.1, 0.15) is 0 Å². The van der Waals surface area contributed by atoms with E-state index in [1.807, 2.05) is 0 Å². The second-order valence-electron chi connectivity index (χ2n) is 3.61. The molecule has 72 valence electrons. The Balaban J connectivity index is 1.87. The number of β-amino-alcohol motifs (C(OH)–C–C–N with tert-alkyl or cyclic N) is 1. The van der Waals surface area contributed by atoms with Gasteiger partial charge in [-0.2, -0.15) is 0 Å². The molecule has 0 radical (unpaired) electrons. The monoisotopic (exact) mass is 197 g/mol. The Hall–Kier alpha value is -0.380. The normalized spacial score (nSPS) is 24.8. The van der Waals surface area contributed by atoms with Crippen LogP contribution in [0.5, 0.6) is 0 Å². The minimum Gasteiger partial charge on any atom is -0.392 e. The highest BCUT2D eigenvalue weighted by molar-refractivity contribution is 7.09. The first-order valence-corrected chi connectivity index (χ1v) is 5.65. The molecule has 0 aliphatic carbocycles. The average Bonchev–Trinajstić information content (AvgIpc) is 2.57. The van der Waals surface area contributed by atoms with Crippen molar-refractivity contribution in [2.45, 2.75) is 25.5 Å². The maximum atomic E-state index is 9.47. The summed E-state index contributed by atoms with van der Waals surface area (Å²) in [5.74, 6) is 0. The summed E-state index contributed by atoms with van der Waals surface area (Å²) >= 11 is 1.79. The minimum absolute atomic E-state index is 0.103. The highest BCUT2D eigenvalue weighted by Crippen LogP contribution is 2.16. The molecule has 1 atom stereocenters. The molecule has 2 heterocycles. The van der Waals surface area contributed by atoms with E-state index in [-0.39, 0.29) is 6.10 Å². The number of hydrogen-bond donors (Lipinski definition) is 1. The van der Waals surface area contributed by atoms with Gasteiger partial charge in [0.15, 0.2) is 0 Å². The van der Waals surface area contributed by atoms with E-state index in [1.54, 1.807) is 11.3 Å². The molecule has 0 saturated carbocycles. The van der Waals surface area contributed by atoms with E-state index in [0.29, 0.717) is 0 Å². The lowest BCUT2D eigenvalue weighted by molar-refractivity contribution is 0.0673. The van der Waals surface area contributed by atoms with Crippen LogP contribution in [0.3, 0.4) is 0 Å². The molecule has 0 aromatic carbocycles. The molecule has 1 aliphatic heterocycles. The average molecular weight is 197 g/mol. The van der Waals surface area contributed by atoms with Crippen molar-refractivity contribution in [3.05, 3.63) is 22.4 Å². The molecule has 1 aliphatic rings. The summed E-state index contributed by atoms with van der Waals surface area (Å²) in [6, 6.07) is 4.24. The van der Waals surface area contributed by atoms with Crippen molar-refractivity contribution in [2.75, 3.05) is 13.1 Å². The topological polar surface area (TPSA) is 23.5 Å². The number of nitrogens with zero attached hydrogens (tertiary/aromatic N) is 1. The standard InChI is InChI=1S/C10H15NOS/c12-9-3-1-5-11(7-9)8-10-4-2-6-13-10/h2,4,6,9,12H,1,3,5,7-8H2. The van der Waals surface area contributed by atoms with Crippen LogP contribution in [0.1, 0.15) is 17.7 Å². The molecule has 0 spiro atoms. The summed E-state index contributed by atoms with van der Waals surface area (Å²) in [6.45, 7) is 2.99. The van der Waals surface area contributed by atoms with Crippen LogP contribution >= 0.6 is 11.3 Å². The largest absolute Gasteiger partial charge is 0.392 e. The van der Waals surface area contributed by atoms with Crippen molar-refractivity contribution in [1.82, 2.24) is 4.90 Å². The van der Waals surface area contributed by atoms with Crippen molar-refractivity contribution >= 4 is 11.3 Å². The zero-order valence-corrected chi connectivity index (χ0v) is 8.46. The Bertz CT molecular complexity index is 247. The molecule has 1 aromatic heterocycles. The van der Waals surface area contributed by atoms with Crippen LogP contribution in [0.4, 0.5) is 0 Å². The third-order valence-electron chi connectivity index (χ3n) is 2.44. The number of aliphatic hydroxyl groups excluding tert-OH is 1. The van der Waals surface area contributed by atoms with Gasteiger partial charge in [-0.15, -0.1) is 11.3 Å². The van der Waals surface area contributed by atoms with Crippen LogP contribution in [0.15, 0.2) is 17.5 Å². The third kappa shape index (κ3) is 2.53. The van der Waals surface area contributed by atoms with Gasteiger partial charge in [-0.3, -0.25) is 4.90 Å².